The largest absolute Gasteiger partial charge is 0.424 e. The number of aromatic nitrogens is 3. The van der Waals surface area contributed by atoms with Gasteiger partial charge in [-0.3, -0.25) is 9.20 Å². The van der Waals surface area contributed by atoms with E-state index in [0.29, 0.717) is 29.9 Å². The van der Waals surface area contributed by atoms with Crippen molar-refractivity contribution in [2.75, 3.05) is 18.9 Å². The molecule has 1 aromatic carbocycles. The maximum atomic E-state index is 13.3. The molecule has 2 unspecified atom stereocenters. The number of nitrogen functional groups attached to an aromatic ring is 1. The van der Waals surface area contributed by atoms with Gasteiger partial charge in [0.15, 0.2) is 5.58 Å². The molecule has 0 saturated carbocycles. The fourth-order valence-electron chi connectivity index (χ4n) is 4.53. The van der Waals surface area contributed by atoms with Gasteiger partial charge >= 0.3 is 0 Å². The number of nitrogens with two attached hydrogens (primary N) is 1. The molecule has 3 aromatic heterocycles. The zero-order chi connectivity index (χ0) is 19.5. The zero-order valence-electron chi connectivity index (χ0n) is 15.6. The monoisotopic (exact) mass is 389 g/mol. The number of fused-ring (bicyclic) bond motifs is 4. The van der Waals surface area contributed by atoms with Crippen LogP contribution in [0.15, 0.2) is 47.1 Å². The Kier molecular flexibility index (Phi) is 3.45. The first kappa shape index (κ1) is 16.6. The first-order valence-electron chi connectivity index (χ1n) is 9.71. The highest BCUT2D eigenvalue weighted by atomic mass is 16.5. The molecule has 0 radical (unpaired) electrons. The number of amides is 1. The van der Waals surface area contributed by atoms with Crippen molar-refractivity contribution in [3.8, 4) is 11.3 Å². The molecule has 2 aliphatic heterocycles. The first-order valence-corrected chi connectivity index (χ1v) is 9.71. The molecule has 2 atom stereocenters. The summed E-state index contributed by atoms with van der Waals surface area (Å²) >= 11 is 0. The van der Waals surface area contributed by atoms with Crippen LogP contribution in [-0.2, 0) is 4.74 Å². The third-order valence-corrected chi connectivity index (χ3v) is 5.93. The molecule has 146 valence electrons. The van der Waals surface area contributed by atoms with E-state index in [-0.39, 0.29) is 24.0 Å². The molecular weight excluding hydrogens is 370 g/mol. The lowest BCUT2D eigenvalue weighted by molar-refractivity contribution is -0.00718. The number of carbonyl (C=O) groups is 1. The lowest BCUT2D eigenvalue weighted by atomic mass is 10.1. The molecule has 0 aliphatic carbocycles. The Hall–Kier alpha value is -3.39. The standard InChI is InChI=1S/C21H19N5O3/c22-21-24-16-7-12(1-5-18(16)29-21)17-8-23-19-6-2-13(9-25(17)19)20(27)26-14-3-4-15(26)11-28-10-14/h1-2,5-9,14-15H,3-4,10-11H2,(H2,22,24). The second kappa shape index (κ2) is 6.05. The van der Waals surface area contributed by atoms with Crippen LogP contribution < -0.4 is 5.73 Å². The van der Waals surface area contributed by atoms with Crippen LogP contribution in [0.1, 0.15) is 23.2 Å². The molecule has 2 bridgehead atoms. The van der Waals surface area contributed by atoms with Gasteiger partial charge in [-0.2, -0.15) is 4.98 Å². The number of benzene rings is 1. The number of ether oxygens (including phenoxy) is 1. The Morgan fingerprint density at radius 3 is 2.79 bits per heavy atom. The van der Waals surface area contributed by atoms with Gasteiger partial charge in [-0.15, -0.1) is 0 Å². The van der Waals surface area contributed by atoms with Crippen molar-refractivity contribution in [1.29, 1.82) is 0 Å². The van der Waals surface area contributed by atoms with Crippen molar-refractivity contribution in [3.63, 3.8) is 0 Å². The Morgan fingerprint density at radius 1 is 1.14 bits per heavy atom. The predicted molar refractivity (Wildman–Crippen MR) is 106 cm³/mol. The van der Waals surface area contributed by atoms with Gasteiger partial charge < -0.3 is 19.8 Å². The molecule has 8 heteroatoms. The van der Waals surface area contributed by atoms with Crippen LogP contribution in [0.25, 0.3) is 28.0 Å². The van der Waals surface area contributed by atoms with Crippen LogP contribution in [0.5, 0.6) is 0 Å². The van der Waals surface area contributed by atoms with Crippen LogP contribution in [0, 0.1) is 0 Å². The molecule has 2 N–H and O–H groups in total. The minimum absolute atomic E-state index is 0.0575. The zero-order valence-corrected chi connectivity index (χ0v) is 15.6. The number of hydrogen-bond acceptors (Lipinski definition) is 6. The SMILES string of the molecule is Nc1nc2cc(-c3cnc4ccc(C(=O)N5C6CCC5COC6)cn34)ccc2o1. The highest BCUT2D eigenvalue weighted by Gasteiger charge is 2.40. The van der Waals surface area contributed by atoms with E-state index < -0.39 is 0 Å². The average molecular weight is 389 g/mol. The number of pyridine rings is 1. The topological polar surface area (TPSA) is 98.9 Å². The summed E-state index contributed by atoms with van der Waals surface area (Å²) in [5.41, 5.74) is 10.2. The molecule has 8 nitrogen and oxygen atoms in total. The molecular formula is C21H19N5O3. The van der Waals surface area contributed by atoms with Crippen molar-refractivity contribution in [1.82, 2.24) is 19.3 Å². The number of nitrogens with zero attached hydrogens (tertiary/aromatic N) is 4. The van der Waals surface area contributed by atoms with Crippen LogP contribution >= 0.6 is 0 Å². The smallest absolute Gasteiger partial charge is 0.292 e. The van der Waals surface area contributed by atoms with Crippen LogP contribution in [0.2, 0.25) is 0 Å². The fourth-order valence-corrected chi connectivity index (χ4v) is 4.53. The van der Waals surface area contributed by atoms with E-state index >= 15 is 0 Å². The van der Waals surface area contributed by atoms with Gasteiger partial charge in [-0.25, -0.2) is 4.98 Å². The van der Waals surface area contributed by atoms with E-state index in [9.17, 15) is 4.79 Å². The summed E-state index contributed by atoms with van der Waals surface area (Å²) < 4.78 is 12.9. The minimum atomic E-state index is 0.0575. The first-order chi connectivity index (χ1) is 14.2. The van der Waals surface area contributed by atoms with Crippen molar-refractivity contribution in [2.45, 2.75) is 24.9 Å². The summed E-state index contributed by atoms with van der Waals surface area (Å²) in [5.74, 6) is 0.0575. The predicted octanol–water partition coefficient (Wildman–Crippen LogP) is 2.73. The summed E-state index contributed by atoms with van der Waals surface area (Å²) in [7, 11) is 0. The van der Waals surface area contributed by atoms with Crippen molar-refractivity contribution >= 4 is 28.7 Å². The van der Waals surface area contributed by atoms with Gasteiger partial charge in [0.2, 0.25) is 0 Å². The second-order valence-electron chi connectivity index (χ2n) is 7.66. The van der Waals surface area contributed by atoms with Gasteiger partial charge in [0.25, 0.3) is 11.9 Å². The highest BCUT2D eigenvalue weighted by Crippen LogP contribution is 2.31. The lowest BCUT2D eigenvalue weighted by Gasteiger charge is -2.34. The lowest BCUT2D eigenvalue weighted by Crippen LogP contribution is -2.49. The third-order valence-electron chi connectivity index (χ3n) is 5.93. The van der Waals surface area contributed by atoms with Crippen molar-refractivity contribution in [3.05, 3.63) is 48.3 Å². The Labute approximate surface area is 165 Å². The van der Waals surface area contributed by atoms with E-state index in [0.717, 1.165) is 29.7 Å². The molecule has 29 heavy (non-hydrogen) atoms. The molecule has 4 aromatic rings. The van der Waals surface area contributed by atoms with E-state index in [4.69, 9.17) is 14.9 Å². The summed E-state index contributed by atoms with van der Waals surface area (Å²) in [6.45, 7) is 1.25. The van der Waals surface area contributed by atoms with Crippen molar-refractivity contribution < 1.29 is 13.9 Å². The van der Waals surface area contributed by atoms with Gasteiger partial charge in [-0.05, 0) is 43.2 Å². The summed E-state index contributed by atoms with van der Waals surface area (Å²) in [6.07, 6.45) is 5.69. The number of morpholine rings is 1. The minimum Gasteiger partial charge on any atom is -0.424 e. The maximum absolute atomic E-state index is 13.3. The van der Waals surface area contributed by atoms with Gasteiger partial charge in [0.05, 0.1) is 42.8 Å². The van der Waals surface area contributed by atoms with E-state index in [1.165, 1.54) is 0 Å². The normalized spacial score (nSPS) is 21.3. The molecule has 2 saturated heterocycles. The van der Waals surface area contributed by atoms with Gasteiger partial charge in [0, 0.05) is 11.8 Å². The molecule has 2 fully saturated rings. The molecule has 2 aliphatic rings. The Balaban J connectivity index is 1.42. The van der Waals surface area contributed by atoms with Crippen LogP contribution in [0.3, 0.4) is 0 Å². The van der Waals surface area contributed by atoms with Crippen molar-refractivity contribution in [2.24, 2.45) is 0 Å². The molecule has 5 heterocycles. The number of hydrogen-bond donors (Lipinski definition) is 1. The van der Waals surface area contributed by atoms with Crippen LogP contribution in [0.4, 0.5) is 6.01 Å². The third kappa shape index (κ3) is 2.52. The fraction of sp³-hybridized carbons (Fsp3) is 0.286. The second-order valence-corrected chi connectivity index (χ2v) is 7.66. The van der Waals surface area contributed by atoms with E-state index in [1.807, 2.05) is 45.8 Å². The molecule has 6 rings (SSSR count). The highest BCUT2D eigenvalue weighted by molar-refractivity contribution is 5.95. The Morgan fingerprint density at radius 2 is 1.97 bits per heavy atom. The number of rotatable bonds is 2. The summed E-state index contributed by atoms with van der Waals surface area (Å²) in [6, 6.07) is 9.93. The Bertz CT molecular complexity index is 1240. The van der Waals surface area contributed by atoms with E-state index in [2.05, 4.69) is 9.97 Å². The molecule has 0 spiro atoms. The quantitative estimate of drug-likeness (QED) is 0.566. The number of oxazole rings is 1. The van der Waals surface area contributed by atoms with E-state index in [1.54, 1.807) is 6.20 Å². The number of carbonyl (C=O) groups excluding carboxylic acids is 1. The summed E-state index contributed by atoms with van der Waals surface area (Å²) in [5, 5.41) is 0. The van der Waals surface area contributed by atoms with Gasteiger partial charge in [0.1, 0.15) is 11.2 Å². The number of imidazole rings is 1. The van der Waals surface area contributed by atoms with Crippen LogP contribution in [-0.4, -0.2) is 50.5 Å². The van der Waals surface area contributed by atoms with Gasteiger partial charge in [-0.1, -0.05) is 0 Å². The molecule has 1 amide bonds. The average Bonchev–Trinajstić information content (AvgIpc) is 3.38. The summed E-state index contributed by atoms with van der Waals surface area (Å²) in [4.78, 5) is 23.9. The maximum Gasteiger partial charge on any atom is 0.292 e. The number of anilines is 1.